The molecule has 2 aromatic carbocycles. The normalized spacial score (nSPS) is 12.6. The zero-order valence-corrected chi connectivity index (χ0v) is 14.5. The lowest BCUT2D eigenvalue weighted by Crippen LogP contribution is -2.23. The van der Waals surface area contributed by atoms with E-state index < -0.39 is 64.8 Å². The summed E-state index contributed by atoms with van der Waals surface area (Å²) in [5.41, 5.74) is -3.48. The maximum Gasteiger partial charge on any atom is 0.409 e. The summed E-state index contributed by atoms with van der Waals surface area (Å²) >= 11 is 0. The molecule has 0 aliphatic carbocycles. The van der Waals surface area contributed by atoms with Gasteiger partial charge in [-0.2, -0.15) is 0 Å². The van der Waals surface area contributed by atoms with Gasteiger partial charge in [0.2, 0.25) is 0 Å². The van der Waals surface area contributed by atoms with Crippen LogP contribution in [0.2, 0.25) is 0 Å². The van der Waals surface area contributed by atoms with Crippen molar-refractivity contribution in [1.29, 1.82) is 0 Å². The first-order valence-electron chi connectivity index (χ1n) is 7.19. The number of carboxylic acid groups (broad SMARTS) is 4. The Labute approximate surface area is 155 Å². The van der Waals surface area contributed by atoms with Crippen LogP contribution in [0.4, 0.5) is 0 Å². The molecular formula is C16H11O11P. The van der Waals surface area contributed by atoms with Crippen molar-refractivity contribution in [3.63, 3.8) is 0 Å². The van der Waals surface area contributed by atoms with Crippen LogP contribution in [0.3, 0.4) is 0 Å². The number of rotatable bonds is 7. The molecule has 12 heteroatoms. The van der Waals surface area contributed by atoms with Crippen LogP contribution in [-0.4, -0.2) is 49.2 Å². The second kappa shape index (κ2) is 7.51. The van der Waals surface area contributed by atoms with Crippen LogP contribution < -0.4 is 9.83 Å². The second-order valence-electron chi connectivity index (χ2n) is 5.21. The fourth-order valence-electron chi connectivity index (χ4n) is 2.37. The summed E-state index contributed by atoms with van der Waals surface area (Å²) in [5, 5.41) is 35.8. The van der Waals surface area contributed by atoms with E-state index in [-0.39, 0.29) is 0 Å². The Kier molecular flexibility index (Phi) is 5.53. The van der Waals surface area contributed by atoms with Gasteiger partial charge in [-0.25, -0.2) is 23.7 Å². The summed E-state index contributed by atoms with van der Waals surface area (Å²) in [6.07, 6.45) is 0. The average molecular weight is 410 g/mol. The van der Waals surface area contributed by atoms with E-state index in [9.17, 15) is 38.8 Å². The molecule has 2 rings (SSSR count). The predicted molar refractivity (Wildman–Crippen MR) is 90.8 cm³/mol. The molecule has 0 aliphatic rings. The molecular weight excluding hydrogens is 399 g/mol. The molecule has 28 heavy (non-hydrogen) atoms. The van der Waals surface area contributed by atoms with E-state index in [0.29, 0.717) is 0 Å². The molecule has 0 fully saturated rings. The SMILES string of the molecule is O=C(O)c1cccc(OP(=O)(O)c2cccc(C(=O)O)c2C(=O)O)c1C(=O)O. The highest BCUT2D eigenvalue weighted by Crippen LogP contribution is 2.44. The first kappa shape index (κ1) is 20.6. The molecule has 1 unspecified atom stereocenters. The standard InChI is InChI=1S/C16H11O11P/c17-13(18)7-3-1-5-9(11(7)15(21)22)27-28(25,26)10-6-2-4-8(14(19)20)12(10)16(23)24/h1-6H,(H,17,18)(H,19,20)(H,21,22)(H,23,24)(H,25,26). The largest absolute Gasteiger partial charge is 0.478 e. The molecule has 0 spiro atoms. The minimum absolute atomic E-state index is 0.734. The lowest BCUT2D eigenvalue weighted by Gasteiger charge is -2.18. The van der Waals surface area contributed by atoms with Gasteiger partial charge < -0.3 is 29.8 Å². The molecule has 0 saturated carbocycles. The monoisotopic (exact) mass is 410 g/mol. The number of aromatic carboxylic acids is 4. The van der Waals surface area contributed by atoms with Gasteiger partial charge in [0.25, 0.3) is 0 Å². The molecule has 0 aliphatic heterocycles. The molecule has 146 valence electrons. The van der Waals surface area contributed by atoms with Crippen molar-refractivity contribution in [3.05, 3.63) is 58.7 Å². The van der Waals surface area contributed by atoms with E-state index in [2.05, 4.69) is 0 Å². The van der Waals surface area contributed by atoms with E-state index >= 15 is 0 Å². The highest BCUT2D eigenvalue weighted by Gasteiger charge is 2.35. The van der Waals surface area contributed by atoms with E-state index in [1.807, 2.05) is 0 Å². The van der Waals surface area contributed by atoms with Gasteiger partial charge in [-0.05, 0) is 24.3 Å². The Morgan fingerprint density at radius 3 is 1.64 bits per heavy atom. The highest BCUT2D eigenvalue weighted by molar-refractivity contribution is 7.61. The molecule has 0 heterocycles. The topological polar surface area (TPSA) is 196 Å². The van der Waals surface area contributed by atoms with E-state index in [0.717, 1.165) is 36.4 Å². The lowest BCUT2D eigenvalue weighted by atomic mass is 10.1. The minimum Gasteiger partial charge on any atom is -0.478 e. The summed E-state index contributed by atoms with van der Waals surface area (Å²) in [4.78, 5) is 55.5. The van der Waals surface area contributed by atoms with E-state index in [4.69, 9.17) is 14.7 Å². The lowest BCUT2D eigenvalue weighted by molar-refractivity contribution is 0.0649. The first-order valence-corrected chi connectivity index (χ1v) is 8.77. The van der Waals surface area contributed by atoms with Crippen LogP contribution in [0.5, 0.6) is 5.75 Å². The summed E-state index contributed by atoms with van der Waals surface area (Å²) in [7, 11) is -5.14. The van der Waals surface area contributed by atoms with Crippen molar-refractivity contribution >= 4 is 36.8 Å². The predicted octanol–water partition coefficient (Wildman–Crippen LogP) is 1.37. The maximum absolute atomic E-state index is 12.7. The summed E-state index contributed by atoms with van der Waals surface area (Å²) < 4.78 is 17.5. The molecule has 1 atom stereocenters. The minimum atomic E-state index is -5.14. The van der Waals surface area contributed by atoms with Crippen LogP contribution in [0, 0.1) is 0 Å². The third-order valence-electron chi connectivity index (χ3n) is 3.48. The highest BCUT2D eigenvalue weighted by atomic mass is 31.2. The number of benzene rings is 2. The number of hydrogen-bond donors (Lipinski definition) is 5. The van der Waals surface area contributed by atoms with Gasteiger partial charge in [0.05, 0.1) is 22.0 Å². The molecule has 11 nitrogen and oxygen atoms in total. The quantitative estimate of drug-likeness (QED) is 0.413. The maximum atomic E-state index is 12.7. The summed E-state index contributed by atoms with van der Waals surface area (Å²) in [6, 6.07) is 5.61. The molecule has 0 aromatic heterocycles. The van der Waals surface area contributed by atoms with Crippen LogP contribution in [0.15, 0.2) is 36.4 Å². The molecule has 0 amide bonds. The van der Waals surface area contributed by atoms with Crippen molar-refractivity contribution in [2.24, 2.45) is 0 Å². The third kappa shape index (κ3) is 3.85. The fourth-order valence-corrected chi connectivity index (χ4v) is 3.66. The number of carboxylic acids is 4. The van der Waals surface area contributed by atoms with Gasteiger partial charge in [-0.1, -0.05) is 12.1 Å². The van der Waals surface area contributed by atoms with Gasteiger partial charge in [0.15, 0.2) is 0 Å². The van der Waals surface area contributed by atoms with Gasteiger partial charge in [-0.3, -0.25) is 0 Å². The van der Waals surface area contributed by atoms with Gasteiger partial charge in [0.1, 0.15) is 11.3 Å². The Hall–Kier alpha value is -3.69. The van der Waals surface area contributed by atoms with Crippen LogP contribution >= 0.6 is 7.60 Å². The van der Waals surface area contributed by atoms with E-state index in [1.54, 1.807) is 0 Å². The van der Waals surface area contributed by atoms with Crippen LogP contribution in [0.1, 0.15) is 41.4 Å². The third-order valence-corrected chi connectivity index (χ3v) is 4.91. The van der Waals surface area contributed by atoms with Crippen molar-refractivity contribution in [2.45, 2.75) is 0 Å². The zero-order valence-electron chi connectivity index (χ0n) is 13.6. The Morgan fingerprint density at radius 1 is 0.714 bits per heavy atom. The smallest absolute Gasteiger partial charge is 0.409 e. The number of carbonyl (C=O) groups is 4. The fraction of sp³-hybridized carbons (Fsp3) is 0. The molecule has 5 N–H and O–H groups in total. The summed E-state index contributed by atoms with van der Waals surface area (Å²) in [5.74, 6) is -7.74. The molecule has 0 bridgehead atoms. The van der Waals surface area contributed by atoms with Crippen LogP contribution in [0.25, 0.3) is 0 Å². The molecule has 0 radical (unpaired) electrons. The Bertz CT molecular complexity index is 1060. The molecule has 2 aromatic rings. The summed E-state index contributed by atoms with van der Waals surface area (Å²) in [6.45, 7) is 0. The average Bonchev–Trinajstić information content (AvgIpc) is 2.59. The van der Waals surface area contributed by atoms with Gasteiger partial charge in [0, 0.05) is 0 Å². The van der Waals surface area contributed by atoms with Crippen molar-refractivity contribution in [1.82, 2.24) is 0 Å². The number of hydrogen-bond acceptors (Lipinski definition) is 6. The molecule has 0 saturated heterocycles. The zero-order chi connectivity index (χ0) is 21.2. The van der Waals surface area contributed by atoms with E-state index in [1.165, 1.54) is 0 Å². The second-order valence-corrected chi connectivity index (χ2v) is 6.92. The first-order chi connectivity index (χ1) is 13.0. The van der Waals surface area contributed by atoms with Gasteiger partial charge >= 0.3 is 31.5 Å². The van der Waals surface area contributed by atoms with Gasteiger partial charge in [-0.15, -0.1) is 0 Å². The Morgan fingerprint density at radius 2 is 1.18 bits per heavy atom. The van der Waals surface area contributed by atoms with Crippen LogP contribution in [-0.2, 0) is 4.57 Å². The Balaban J connectivity index is 2.68. The van der Waals surface area contributed by atoms with Crippen molar-refractivity contribution in [2.75, 3.05) is 0 Å². The van der Waals surface area contributed by atoms with Crippen molar-refractivity contribution in [3.8, 4) is 5.75 Å². The van der Waals surface area contributed by atoms with Crippen molar-refractivity contribution < 1.29 is 53.6 Å².